The number of nitrogens with one attached hydrogen (secondary N) is 2. The largest absolute Gasteiger partial charge is 0.355 e. The van der Waals surface area contributed by atoms with Crippen molar-refractivity contribution in [2.45, 2.75) is 32.6 Å². The average Bonchev–Trinajstić information content (AvgIpc) is 2.72. The Morgan fingerprint density at radius 1 is 1.18 bits per heavy atom. The number of amides is 1. The van der Waals surface area contributed by atoms with Gasteiger partial charge in [-0.3, -0.25) is 14.6 Å². The maximum Gasteiger partial charge on any atom is 0.255 e. The molecule has 3 aromatic rings. The SMILES string of the molecule is CC[C@H](CNC(=O)Cc1c(C)nc(-c2cccnc2)[nH]c1=O)c1ccccc1. The first-order chi connectivity index (χ1) is 13.6. The molecule has 2 aromatic heterocycles. The van der Waals surface area contributed by atoms with Gasteiger partial charge < -0.3 is 10.3 Å². The third-order valence-electron chi connectivity index (χ3n) is 4.80. The van der Waals surface area contributed by atoms with Crippen LogP contribution < -0.4 is 10.9 Å². The zero-order valence-electron chi connectivity index (χ0n) is 16.1. The summed E-state index contributed by atoms with van der Waals surface area (Å²) in [5.41, 5.74) is 2.57. The Morgan fingerprint density at radius 2 is 1.96 bits per heavy atom. The molecule has 1 aromatic carbocycles. The Labute approximate surface area is 164 Å². The van der Waals surface area contributed by atoms with Gasteiger partial charge in [-0.2, -0.15) is 0 Å². The fourth-order valence-electron chi connectivity index (χ4n) is 3.14. The second-order valence-corrected chi connectivity index (χ2v) is 6.72. The van der Waals surface area contributed by atoms with Gasteiger partial charge in [0.1, 0.15) is 5.82 Å². The van der Waals surface area contributed by atoms with Crippen molar-refractivity contribution in [1.29, 1.82) is 0 Å². The minimum Gasteiger partial charge on any atom is -0.355 e. The molecule has 1 atom stereocenters. The summed E-state index contributed by atoms with van der Waals surface area (Å²) in [5.74, 6) is 0.518. The van der Waals surface area contributed by atoms with E-state index < -0.39 is 0 Å². The molecule has 2 N–H and O–H groups in total. The number of carbonyl (C=O) groups is 1. The highest BCUT2D eigenvalue weighted by Crippen LogP contribution is 2.18. The topological polar surface area (TPSA) is 87.7 Å². The lowest BCUT2D eigenvalue weighted by Crippen LogP contribution is -2.32. The fraction of sp³-hybridized carbons (Fsp3) is 0.273. The van der Waals surface area contributed by atoms with Crippen LogP contribution >= 0.6 is 0 Å². The van der Waals surface area contributed by atoms with Crippen LogP contribution in [0.1, 0.15) is 36.1 Å². The van der Waals surface area contributed by atoms with E-state index in [-0.39, 0.29) is 23.8 Å². The van der Waals surface area contributed by atoms with Gasteiger partial charge in [-0.05, 0) is 31.0 Å². The van der Waals surface area contributed by atoms with E-state index in [4.69, 9.17) is 0 Å². The Hall–Kier alpha value is -3.28. The average molecular weight is 376 g/mol. The van der Waals surface area contributed by atoms with Gasteiger partial charge in [0.05, 0.1) is 6.42 Å². The molecule has 1 amide bonds. The number of nitrogens with zero attached hydrogens (tertiary/aromatic N) is 2. The van der Waals surface area contributed by atoms with Crippen LogP contribution in [-0.4, -0.2) is 27.4 Å². The predicted molar refractivity (Wildman–Crippen MR) is 109 cm³/mol. The summed E-state index contributed by atoms with van der Waals surface area (Å²) in [6.45, 7) is 4.38. The highest BCUT2D eigenvalue weighted by atomic mass is 16.2. The number of pyridine rings is 1. The van der Waals surface area contributed by atoms with Crippen LogP contribution in [0.2, 0.25) is 0 Å². The summed E-state index contributed by atoms with van der Waals surface area (Å²) in [6.07, 6.45) is 4.22. The van der Waals surface area contributed by atoms with Crippen LogP contribution in [0.4, 0.5) is 0 Å². The van der Waals surface area contributed by atoms with Gasteiger partial charge in [0.25, 0.3) is 5.56 Å². The molecule has 2 heterocycles. The Bertz CT molecular complexity index is 984. The molecule has 144 valence electrons. The van der Waals surface area contributed by atoms with Gasteiger partial charge in [-0.25, -0.2) is 4.98 Å². The second-order valence-electron chi connectivity index (χ2n) is 6.72. The standard InChI is InChI=1S/C22H24N4O2/c1-3-16(17-8-5-4-6-9-17)14-24-20(27)12-19-15(2)25-21(26-22(19)28)18-10-7-11-23-13-18/h4-11,13,16H,3,12,14H2,1-2H3,(H,24,27)(H,25,26,28)/t16-/m1/s1. The molecular weight excluding hydrogens is 352 g/mol. The molecule has 0 aliphatic heterocycles. The zero-order chi connectivity index (χ0) is 19.9. The van der Waals surface area contributed by atoms with Gasteiger partial charge in [0.2, 0.25) is 5.91 Å². The second kappa shape index (κ2) is 9.08. The van der Waals surface area contributed by atoms with E-state index in [1.165, 1.54) is 5.56 Å². The van der Waals surface area contributed by atoms with Crippen molar-refractivity contribution in [1.82, 2.24) is 20.3 Å². The number of hydrogen-bond acceptors (Lipinski definition) is 4. The van der Waals surface area contributed by atoms with Crippen LogP contribution in [0.15, 0.2) is 59.7 Å². The van der Waals surface area contributed by atoms with E-state index in [0.29, 0.717) is 23.6 Å². The summed E-state index contributed by atoms with van der Waals surface area (Å²) in [7, 11) is 0. The number of H-pyrrole nitrogens is 1. The molecule has 28 heavy (non-hydrogen) atoms. The quantitative estimate of drug-likeness (QED) is 0.664. The molecule has 0 saturated heterocycles. The number of benzene rings is 1. The number of aromatic nitrogens is 3. The molecule has 3 rings (SSSR count). The molecule has 6 nitrogen and oxygen atoms in total. The summed E-state index contributed by atoms with van der Waals surface area (Å²) in [6, 6.07) is 13.7. The van der Waals surface area contributed by atoms with Crippen LogP contribution in [0, 0.1) is 6.92 Å². The first-order valence-electron chi connectivity index (χ1n) is 9.40. The molecule has 0 unspecified atom stereocenters. The number of carbonyl (C=O) groups excluding carboxylic acids is 1. The fourth-order valence-corrected chi connectivity index (χ4v) is 3.14. The highest BCUT2D eigenvalue weighted by molar-refractivity contribution is 5.78. The number of aryl methyl sites for hydroxylation is 1. The van der Waals surface area contributed by atoms with Crippen molar-refractivity contribution in [2.75, 3.05) is 6.54 Å². The Kier molecular flexibility index (Phi) is 6.32. The molecule has 0 saturated carbocycles. The lowest BCUT2D eigenvalue weighted by molar-refractivity contribution is -0.120. The van der Waals surface area contributed by atoms with E-state index in [1.807, 2.05) is 24.3 Å². The van der Waals surface area contributed by atoms with Crippen LogP contribution in [0.25, 0.3) is 11.4 Å². The van der Waals surface area contributed by atoms with Crippen molar-refractivity contribution in [3.05, 3.63) is 82.0 Å². The smallest absolute Gasteiger partial charge is 0.255 e. The zero-order valence-corrected chi connectivity index (χ0v) is 16.1. The normalized spacial score (nSPS) is 11.8. The molecule has 6 heteroatoms. The summed E-state index contributed by atoms with van der Waals surface area (Å²) in [4.78, 5) is 36.1. The first kappa shape index (κ1) is 19.5. The van der Waals surface area contributed by atoms with Gasteiger partial charge in [0.15, 0.2) is 0 Å². The monoisotopic (exact) mass is 376 g/mol. The first-order valence-corrected chi connectivity index (χ1v) is 9.40. The van der Waals surface area contributed by atoms with Gasteiger partial charge >= 0.3 is 0 Å². The van der Waals surface area contributed by atoms with Gasteiger partial charge in [-0.15, -0.1) is 0 Å². The molecule has 0 fully saturated rings. The maximum absolute atomic E-state index is 12.5. The molecule has 0 bridgehead atoms. The van der Waals surface area contributed by atoms with E-state index in [0.717, 1.165) is 12.0 Å². The minimum absolute atomic E-state index is 0.00666. The van der Waals surface area contributed by atoms with E-state index in [1.54, 1.807) is 25.4 Å². The minimum atomic E-state index is -0.295. The van der Waals surface area contributed by atoms with Crippen molar-refractivity contribution in [2.24, 2.45) is 0 Å². The predicted octanol–water partition coefficient (Wildman–Crippen LogP) is 2.99. The van der Waals surface area contributed by atoms with Crippen molar-refractivity contribution in [3.63, 3.8) is 0 Å². The third-order valence-corrected chi connectivity index (χ3v) is 4.80. The van der Waals surface area contributed by atoms with Gasteiger partial charge in [0, 0.05) is 41.7 Å². The molecule has 0 aliphatic rings. The number of hydrogen-bond donors (Lipinski definition) is 2. The van der Waals surface area contributed by atoms with Crippen LogP contribution in [0.3, 0.4) is 0 Å². The number of rotatable bonds is 7. The van der Waals surface area contributed by atoms with Gasteiger partial charge in [-0.1, -0.05) is 37.3 Å². The van der Waals surface area contributed by atoms with Crippen molar-refractivity contribution < 1.29 is 4.79 Å². The summed E-state index contributed by atoms with van der Waals surface area (Å²) >= 11 is 0. The van der Waals surface area contributed by atoms with Crippen molar-refractivity contribution >= 4 is 5.91 Å². The lowest BCUT2D eigenvalue weighted by atomic mass is 9.96. The summed E-state index contributed by atoms with van der Waals surface area (Å²) in [5, 5.41) is 2.95. The molecule has 0 radical (unpaired) electrons. The third kappa shape index (κ3) is 4.71. The summed E-state index contributed by atoms with van der Waals surface area (Å²) < 4.78 is 0. The highest BCUT2D eigenvalue weighted by Gasteiger charge is 2.15. The van der Waals surface area contributed by atoms with E-state index >= 15 is 0 Å². The lowest BCUT2D eigenvalue weighted by Gasteiger charge is -2.16. The maximum atomic E-state index is 12.5. The van der Waals surface area contributed by atoms with Crippen molar-refractivity contribution in [3.8, 4) is 11.4 Å². The van der Waals surface area contributed by atoms with E-state index in [9.17, 15) is 9.59 Å². The van der Waals surface area contributed by atoms with Crippen LogP contribution in [-0.2, 0) is 11.2 Å². The number of aromatic amines is 1. The Balaban J connectivity index is 1.68. The van der Waals surface area contributed by atoms with E-state index in [2.05, 4.69) is 39.3 Å². The Morgan fingerprint density at radius 3 is 2.61 bits per heavy atom. The molecule has 0 aliphatic carbocycles. The molecule has 0 spiro atoms. The van der Waals surface area contributed by atoms with Crippen LogP contribution in [0.5, 0.6) is 0 Å². The molecular formula is C22H24N4O2.